The van der Waals surface area contributed by atoms with Crippen molar-refractivity contribution in [2.75, 3.05) is 5.75 Å². The fourth-order valence-electron chi connectivity index (χ4n) is 3.18. The summed E-state index contributed by atoms with van der Waals surface area (Å²) in [6.45, 7) is 8.18. The van der Waals surface area contributed by atoms with E-state index in [1.807, 2.05) is 31.2 Å². The van der Waals surface area contributed by atoms with Crippen LogP contribution in [0.15, 0.2) is 24.3 Å². The van der Waals surface area contributed by atoms with Crippen molar-refractivity contribution in [2.45, 2.75) is 65.6 Å². The van der Waals surface area contributed by atoms with E-state index in [4.69, 9.17) is 0 Å². The Hall–Kier alpha value is -1.40. The molecule has 1 aromatic rings. The third-order valence-electron chi connectivity index (χ3n) is 4.80. The highest BCUT2D eigenvalue weighted by atomic mass is 32.2. The summed E-state index contributed by atoms with van der Waals surface area (Å²) >= 11 is 0. The van der Waals surface area contributed by atoms with E-state index in [1.165, 1.54) is 4.31 Å². The lowest BCUT2D eigenvalue weighted by Gasteiger charge is -2.35. The van der Waals surface area contributed by atoms with Crippen LogP contribution in [-0.2, 0) is 27.8 Å². The first kappa shape index (κ1) is 19.9. The molecule has 0 bridgehead atoms. The molecular weight excluding hydrogens is 336 g/mol. The topological polar surface area (TPSA) is 66.5 Å². The number of nitrogens with one attached hydrogen (secondary N) is 1. The number of fused-ring (bicyclic) bond motifs is 1. The predicted molar refractivity (Wildman–Crippen MR) is 101 cm³/mol. The van der Waals surface area contributed by atoms with Crippen LogP contribution in [0.2, 0.25) is 0 Å². The van der Waals surface area contributed by atoms with E-state index in [1.54, 1.807) is 6.92 Å². The van der Waals surface area contributed by atoms with Gasteiger partial charge in [0.2, 0.25) is 15.9 Å². The van der Waals surface area contributed by atoms with Gasteiger partial charge in [-0.3, -0.25) is 4.79 Å². The molecule has 25 heavy (non-hydrogen) atoms. The Morgan fingerprint density at radius 3 is 2.44 bits per heavy atom. The number of rotatable bonds is 7. The van der Waals surface area contributed by atoms with Crippen molar-refractivity contribution in [1.29, 1.82) is 0 Å². The highest BCUT2D eigenvalue weighted by Crippen LogP contribution is 2.26. The maximum Gasteiger partial charge on any atom is 0.239 e. The zero-order valence-corrected chi connectivity index (χ0v) is 16.5. The van der Waals surface area contributed by atoms with Gasteiger partial charge in [-0.25, -0.2) is 8.42 Å². The molecule has 1 amide bonds. The Kier molecular flexibility index (Phi) is 6.63. The first-order valence-electron chi connectivity index (χ1n) is 9.11. The van der Waals surface area contributed by atoms with Crippen LogP contribution < -0.4 is 5.32 Å². The molecule has 2 atom stereocenters. The fourth-order valence-corrected chi connectivity index (χ4v) is 4.40. The van der Waals surface area contributed by atoms with Crippen molar-refractivity contribution in [2.24, 2.45) is 5.92 Å². The molecule has 0 spiro atoms. The second kappa shape index (κ2) is 8.32. The SMILES string of the molecule is CCS(=O)(=O)N1Cc2ccccc2CC1C(=O)NC(C)CCC(C)C. The highest BCUT2D eigenvalue weighted by Gasteiger charge is 2.38. The van der Waals surface area contributed by atoms with Gasteiger partial charge >= 0.3 is 0 Å². The van der Waals surface area contributed by atoms with Gasteiger partial charge in [0.05, 0.1) is 5.75 Å². The molecule has 0 fully saturated rings. The summed E-state index contributed by atoms with van der Waals surface area (Å²) in [7, 11) is -3.45. The Labute approximate surface area is 151 Å². The summed E-state index contributed by atoms with van der Waals surface area (Å²) in [5, 5.41) is 3.02. The number of carbonyl (C=O) groups excluding carboxylic acids is 1. The molecule has 0 aliphatic carbocycles. The Morgan fingerprint density at radius 1 is 1.20 bits per heavy atom. The zero-order chi connectivity index (χ0) is 18.6. The van der Waals surface area contributed by atoms with Gasteiger partial charge in [-0.15, -0.1) is 0 Å². The van der Waals surface area contributed by atoms with E-state index >= 15 is 0 Å². The summed E-state index contributed by atoms with van der Waals surface area (Å²) in [6.07, 6.45) is 2.36. The van der Waals surface area contributed by atoms with Crippen LogP contribution in [0.25, 0.3) is 0 Å². The van der Waals surface area contributed by atoms with E-state index < -0.39 is 16.1 Å². The molecule has 0 saturated carbocycles. The minimum atomic E-state index is -3.45. The second-order valence-electron chi connectivity index (χ2n) is 7.32. The number of amides is 1. The first-order valence-corrected chi connectivity index (χ1v) is 10.7. The van der Waals surface area contributed by atoms with E-state index in [2.05, 4.69) is 19.2 Å². The monoisotopic (exact) mass is 366 g/mol. The van der Waals surface area contributed by atoms with Gasteiger partial charge in [0.1, 0.15) is 6.04 Å². The van der Waals surface area contributed by atoms with Crippen molar-refractivity contribution >= 4 is 15.9 Å². The van der Waals surface area contributed by atoms with Crippen LogP contribution in [0.3, 0.4) is 0 Å². The highest BCUT2D eigenvalue weighted by molar-refractivity contribution is 7.89. The van der Waals surface area contributed by atoms with E-state index in [9.17, 15) is 13.2 Å². The van der Waals surface area contributed by atoms with Crippen molar-refractivity contribution in [3.63, 3.8) is 0 Å². The maximum absolute atomic E-state index is 12.8. The number of nitrogens with zero attached hydrogens (tertiary/aromatic N) is 1. The minimum Gasteiger partial charge on any atom is -0.352 e. The molecule has 140 valence electrons. The zero-order valence-electron chi connectivity index (χ0n) is 15.7. The van der Waals surface area contributed by atoms with Gasteiger partial charge in [0.15, 0.2) is 0 Å². The molecule has 6 heteroatoms. The predicted octanol–water partition coefficient (Wildman–Crippen LogP) is 2.70. The lowest BCUT2D eigenvalue weighted by Crippen LogP contribution is -2.54. The van der Waals surface area contributed by atoms with Crippen LogP contribution in [-0.4, -0.2) is 36.5 Å². The molecule has 1 heterocycles. The molecular formula is C19H30N2O3S. The van der Waals surface area contributed by atoms with Gasteiger partial charge in [-0.2, -0.15) is 4.31 Å². The molecule has 0 saturated heterocycles. The van der Waals surface area contributed by atoms with Gasteiger partial charge in [-0.1, -0.05) is 38.1 Å². The Balaban J connectivity index is 2.19. The number of hydrogen-bond donors (Lipinski definition) is 1. The van der Waals surface area contributed by atoms with Crippen LogP contribution >= 0.6 is 0 Å². The number of hydrogen-bond acceptors (Lipinski definition) is 3. The van der Waals surface area contributed by atoms with Crippen molar-refractivity contribution in [3.05, 3.63) is 35.4 Å². The van der Waals surface area contributed by atoms with E-state index in [0.717, 1.165) is 24.0 Å². The van der Waals surface area contributed by atoms with Crippen LogP contribution in [0.4, 0.5) is 0 Å². The number of carbonyl (C=O) groups is 1. The third kappa shape index (κ3) is 5.05. The van der Waals surface area contributed by atoms with Gasteiger partial charge in [0.25, 0.3) is 0 Å². The molecule has 1 N–H and O–H groups in total. The third-order valence-corrected chi connectivity index (χ3v) is 6.62. The molecule has 5 nitrogen and oxygen atoms in total. The Bertz CT molecular complexity index is 700. The smallest absolute Gasteiger partial charge is 0.239 e. The maximum atomic E-state index is 12.8. The lowest BCUT2D eigenvalue weighted by molar-refractivity contribution is -0.125. The quantitative estimate of drug-likeness (QED) is 0.807. The van der Waals surface area contributed by atoms with Crippen LogP contribution in [0.1, 0.15) is 51.7 Å². The fraction of sp³-hybridized carbons (Fsp3) is 0.632. The van der Waals surface area contributed by atoms with Gasteiger partial charge in [0, 0.05) is 12.6 Å². The molecule has 1 aliphatic rings. The second-order valence-corrected chi connectivity index (χ2v) is 9.53. The lowest BCUT2D eigenvalue weighted by atomic mass is 9.95. The molecule has 1 aliphatic heterocycles. The minimum absolute atomic E-state index is 0.00184. The van der Waals surface area contributed by atoms with E-state index in [-0.39, 0.29) is 24.2 Å². The largest absolute Gasteiger partial charge is 0.352 e. The molecule has 2 unspecified atom stereocenters. The summed E-state index contributed by atoms with van der Waals surface area (Å²) in [4.78, 5) is 12.8. The summed E-state index contributed by atoms with van der Waals surface area (Å²) in [6, 6.07) is 7.13. The van der Waals surface area contributed by atoms with Gasteiger partial charge < -0.3 is 5.32 Å². The van der Waals surface area contributed by atoms with Crippen molar-refractivity contribution in [3.8, 4) is 0 Å². The number of benzene rings is 1. The van der Waals surface area contributed by atoms with Crippen molar-refractivity contribution < 1.29 is 13.2 Å². The van der Waals surface area contributed by atoms with Crippen LogP contribution in [0, 0.1) is 5.92 Å². The van der Waals surface area contributed by atoms with Crippen LogP contribution in [0.5, 0.6) is 0 Å². The van der Waals surface area contributed by atoms with Crippen molar-refractivity contribution in [1.82, 2.24) is 9.62 Å². The summed E-state index contributed by atoms with van der Waals surface area (Å²) < 4.78 is 26.4. The molecule has 0 radical (unpaired) electrons. The normalized spacial score (nSPS) is 19.5. The molecule has 2 rings (SSSR count). The summed E-state index contributed by atoms with van der Waals surface area (Å²) in [5.41, 5.74) is 2.04. The average molecular weight is 367 g/mol. The van der Waals surface area contributed by atoms with E-state index in [0.29, 0.717) is 12.3 Å². The average Bonchev–Trinajstić information content (AvgIpc) is 2.58. The molecule has 0 aromatic heterocycles. The first-order chi connectivity index (χ1) is 11.7. The standard InChI is InChI=1S/C19H30N2O3S/c1-5-25(23,24)21-13-17-9-7-6-8-16(17)12-18(21)19(22)20-15(4)11-10-14(2)3/h6-9,14-15,18H,5,10-13H2,1-4H3,(H,20,22). The van der Waals surface area contributed by atoms with Gasteiger partial charge in [-0.05, 0) is 50.2 Å². The number of sulfonamides is 1. The Morgan fingerprint density at radius 2 is 1.84 bits per heavy atom. The molecule has 1 aromatic carbocycles. The summed E-state index contributed by atoms with van der Waals surface area (Å²) in [5.74, 6) is 0.391.